The summed E-state index contributed by atoms with van der Waals surface area (Å²) in [6.07, 6.45) is 0. The second-order valence-corrected chi connectivity index (χ2v) is 5.37. The van der Waals surface area contributed by atoms with E-state index in [1.807, 2.05) is 0 Å². The highest BCUT2D eigenvalue weighted by Gasteiger charge is 2.17. The van der Waals surface area contributed by atoms with Crippen molar-refractivity contribution in [3.8, 4) is 0 Å². The molecule has 4 nitrogen and oxygen atoms in total. The van der Waals surface area contributed by atoms with Crippen molar-refractivity contribution in [1.82, 2.24) is 9.97 Å². The molecule has 0 bridgehead atoms. The Labute approximate surface area is 124 Å². The standard InChI is InChI=1S/C14H12F2N2O2S/c1-7-12(14(19)20)13(18-8(2)17-7)21-6-9-3-10(15)5-11(16)4-9/h3-5H,6H2,1-2H3,(H,19,20). The maximum atomic E-state index is 13.1. The molecule has 0 aliphatic heterocycles. The third-order valence-electron chi connectivity index (χ3n) is 2.68. The van der Waals surface area contributed by atoms with E-state index in [0.29, 0.717) is 17.1 Å². The fourth-order valence-electron chi connectivity index (χ4n) is 1.88. The summed E-state index contributed by atoms with van der Waals surface area (Å²) in [5.74, 6) is -1.80. The highest BCUT2D eigenvalue weighted by molar-refractivity contribution is 7.98. The molecule has 0 aliphatic carbocycles. The van der Waals surface area contributed by atoms with Gasteiger partial charge >= 0.3 is 5.97 Å². The third-order valence-corrected chi connectivity index (χ3v) is 3.73. The monoisotopic (exact) mass is 310 g/mol. The zero-order valence-corrected chi connectivity index (χ0v) is 12.2. The van der Waals surface area contributed by atoms with E-state index in [1.165, 1.54) is 12.1 Å². The minimum atomic E-state index is -1.12. The lowest BCUT2D eigenvalue weighted by molar-refractivity contribution is 0.0690. The molecular weight excluding hydrogens is 298 g/mol. The first kappa shape index (κ1) is 15.4. The molecule has 110 valence electrons. The Morgan fingerprint density at radius 1 is 1.19 bits per heavy atom. The van der Waals surface area contributed by atoms with Gasteiger partial charge in [-0.1, -0.05) is 0 Å². The van der Waals surface area contributed by atoms with Crippen LogP contribution in [-0.2, 0) is 5.75 Å². The molecule has 0 spiro atoms. The van der Waals surface area contributed by atoms with Crippen LogP contribution in [0.1, 0.15) is 27.4 Å². The molecular formula is C14H12F2N2O2S. The molecule has 7 heteroatoms. The summed E-state index contributed by atoms with van der Waals surface area (Å²) in [5.41, 5.74) is 0.799. The smallest absolute Gasteiger partial charge is 0.340 e. The molecule has 1 aromatic heterocycles. The Hall–Kier alpha value is -2.02. The van der Waals surface area contributed by atoms with Crippen molar-refractivity contribution < 1.29 is 18.7 Å². The lowest BCUT2D eigenvalue weighted by Crippen LogP contribution is -2.08. The van der Waals surface area contributed by atoms with Crippen LogP contribution in [0.5, 0.6) is 0 Å². The van der Waals surface area contributed by atoms with E-state index in [-0.39, 0.29) is 16.3 Å². The first-order valence-electron chi connectivity index (χ1n) is 6.03. The number of halogens is 2. The van der Waals surface area contributed by atoms with Crippen molar-refractivity contribution in [3.05, 3.63) is 52.5 Å². The van der Waals surface area contributed by atoms with Crippen LogP contribution >= 0.6 is 11.8 Å². The van der Waals surface area contributed by atoms with Gasteiger partial charge in [0.1, 0.15) is 28.0 Å². The number of hydrogen-bond donors (Lipinski definition) is 1. The molecule has 21 heavy (non-hydrogen) atoms. The second-order valence-electron chi connectivity index (χ2n) is 4.41. The molecule has 0 aliphatic rings. The van der Waals surface area contributed by atoms with Gasteiger partial charge in [-0.3, -0.25) is 0 Å². The Balaban J connectivity index is 2.29. The third kappa shape index (κ3) is 3.75. The molecule has 0 saturated carbocycles. The molecule has 2 rings (SSSR count). The minimum absolute atomic E-state index is 0.0162. The van der Waals surface area contributed by atoms with Crippen molar-refractivity contribution in [3.63, 3.8) is 0 Å². The molecule has 0 fully saturated rings. The Kier molecular flexibility index (Phi) is 4.52. The number of benzene rings is 1. The van der Waals surface area contributed by atoms with Crippen LogP contribution in [0.15, 0.2) is 23.2 Å². The van der Waals surface area contributed by atoms with Gasteiger partial charge in [-0.25, -0.2) is 23.5 Å². The summed E-state index contributed by atoms with van der Waals surface area (Å²) in [6.45, 7) is 3.24. The largest absolute Gasteiger partial charge is 0.478 e. The highest BCUT2D eigenvalue weighted by Crippen LogP contribution is 2.26. The molecule has 2 aromatic rings. The fraction of sp³-hybridized carbons (Fsp3) is 0.214. The average Bonchev–Trinajstić information content (AvgIpc) is 2.33. The van der Waals surface area contributed by atoms with E-state index in [0.717, 1.165) is 17.8 Å². The van der Waals surface area contributed by atoms with Crippen LogP contribution in [-0.4, -0.2) is 21.0 Å². The normalized spacial score (nSPS) is 10.7. The summed E-state index contributed by atoms with van der Waals surface area (Å²) in [6, 6.07) is 3.20. The van der Waals surface area contributed by atoms with Crippen LogP contribution < -0.4 is 0 Å². The molecule has 1 aromatic carbocycles. The Morgan fingerprint density at radius 2 is 1.81 bits per heavy atom. The van der Waals surface area contributed by atoms with Crippen molar-refractivity contribution in [2.45, 2.75) is 24.6 Å². The number of hydrogen-bond acceptors (Lipinski definition) is 4. The molecule has 0 amide bonds. The molecule has 1 heterocycles. The van der Waals surface area contributed by atoms with Crippen molar-refractivity contribution in [2.24, 2.45) is 0 Å². The van der Waals surface area contributed by atoms with Crippen LogP contribution in [0, 0.1) is 25.5 Å². The number of aromatic nitrogens is 2. The predicted molar refractivity (Wildman–Crippen MR) is 74.4 cm³/mol. The molecule has 1 N–H and O–H groups in total. The number of carboxylic acids is 1. The van der Waals surface area contributed by atoms with Gasteiger partial charge in [-0.05, 0) is 31.5 Å². The highest BCUT2D eigenvalue weighted by atomic mass is 32.2. The number of carbonyl (C=O) groups is 1. The van der Waals surface area contributed by atoms with E-state index in [1.54, 1.807) is 13.8 Å². The topological polar surface area (TPSA) is 63.1 Å². The molecule has 0 atom stereocenters. The maximum Gasteiger partial charge on any atom is 0.340 e. The summed E-state index contributed by atoms with van der Waals surface area (Å²) >= 11 is 1.11. The van der Waals surface area contributed by atoms with Crippen molar-refractivity contribution in [2.75, 3.05) is 0 Å². The quantitative estimate of drug-likeness (QED) is 0.693. The number of aromatic carboxylic acids is 1. The first-order valence-corrected chi connectivity index (χ1v) is 7.01. The Bertz CT molecular complexity index is 687. The lowest BCUT2D eigenvalue weighted by Gasteiger charge is -2.08. The van der Waals surface area contributed by atoms with Crippen molar-refractivity contribution in [1.29, 1.82) is 0 Å². The number of nitrogens with zero attached hydrogens (tertiary/aromatic N) is 2. The van der Waals surface area contributed by atoms with Gasteiger partial charge < -0.3 is 5.11 Å². The minimum Gasteiger partial charge on any atom is -0.478 e. The van der Waals surface area contributed by atoms with Crippen LogP contribution in [0.2, 0.25) is 0 Å². The SMILES string of the molecule is Cc1nc(C)c(C(=O)O)c(SCc2cc(F)cc(F)c2)n1. The Morgan fingerprint density at radius 3 is 2.38 bits per heavy atom. The van der Waals surface area contributed by atoms with Gasteiger partial charge in [-0.15, -0.1) is 11.8 Å². The molecule has 0 saturated heterocycles. The van der Waals surface area contributed by atoms with Gasteiger partial charge in [0.25, 0.3) is 0 Å². The van der Waals surface area contributed by atoms with E-state index in [2.05, 4.69) is 9.97 Å². The number of thioether (sulfide) groups is 1. The van der Waals surface area contributed by atoms with Crippen LogP contribution in [0.4, 0.5) is 8.78 Å². The van der Waals surface area contributed by atoms with Crippen LogP contribution in [0.3, 0.4) is 0 Å². The fourth-order valence-corrected chi connectivity index (χ4v) is 2.92. The zero-order valence-electron chi connectivity index (χ0n) is 11.4. The van der Waals surface area contributed by atoms with Crippen molar-refractivity contribution >= 4 is 17.7 Å². The van der Waals surface area contributed by atoms with Gasteiger partial charge in [-0.2, -0.15) is 0 Å². The number of carboxylic acid groups (broad SMARTS) is 1. The summed E-state index contributed by atoms with van der Waals surface area (Å²) < 4.78 is 26.2. The van der Waals surface area contributed by atoms with E-state index < -0.39 is 17.6 Å². The average molecular weight is 310 g/mol. The predicted octanol–water partition coefficient (Wildman–Crippen LogP) is 3.36. The number of rotatable bonds is 4. The lowest BCUT2D eigenvalue weighted by atomic mass is 10.2. The van der Waals surface area contributed by atoms with Crippen LogP contribution in [0.25, 0.3) is 0 Å². The number of aryl methyl sites for hydroxylation is 2. The maximum absolute atomic E-state index is 13.1. The van der Waals surface area contributed by atoms with Gasteiger partial charge in [0.2, 0.25) is 0 Å². The summed E-state index contributed by atoms with van der Waals surface area (Å²) in [4.78, 5) is 19.4. The second kappa shape index (κ2) is 6.17. The summed E-state index contributed by atoms with van der Waals surface area (Å²) in [5, 5.41) is 9.50. The zero-order chi connectivity index (χ0) is 15.6. The first-order chi connectivity index (χ1) is 9.86. The van der Waals surface area contributed by atoms with Gasteiger partial charge in [0, 0.05) is 11.8 Å². The van der Waals surface area contributed by atoms with E-state index in [4.69, 9.17) is 0 Å². The van der Waals surface area contributed by atoms with Gasteiger partial charge in [0.05, 0.1) is 5.69 Å². The van der Waals surface area contributed by atoms with Gasteiger partial charge in [0.15, 0.2) is 0 Å². The summed E-state index contributed by atoms with van der Waals surface area (Å²) in [7, 11) is 0. The molecule has 0 unspecified atom stereocenters. The van der Waals surface area contributed by atoms with E-state index in [9.17, 15) is 18.7 Å². The van der Waals surface area contributed by atoms with E-state index >= 15 is 0 Å². The molecule has 0 radical (unpaired) electrons.